The van der Waals surface area contributed by atoms with E-state index in [1.54, 1.807) is 11.3 Å². The van der Waals surface area contributed by atoms with Gasteiger partial charge >= 0.3 is 0 Å². The van der Waals surface area contributed by atoms with Gasteiger partial charge in [-0.05, 0) is 75.3 Å². The van der Waals surface area contributed by atoms with Crippen LogP contribution in [0.5, 0.6) is 0 Å². The zero-order chi connectivity index (χ0) is 28.5. The second kappa shape index (κ2) is 10.9. The van der Waals surface area contributed by atoms with Crippen LogP contribution >= 0.6 is 11.3 Å². The molecule has 0 unspecified atom stereocenters. The van der Waals surface area contributed by atoms with E-state index in [0.717, 1.165) is 11.2 Å². The van der Waals surface area contributed by atoms with Crippen LogP contribution in [0.15, 0.2) is 152 Å². The number of pyridine rings is 1. The van der Waals surface area contributed by atoms with E-state index < -0.39 is 0 Å². The number of nitrogens with zero attached hydrogens (tertiary/aromatic N) is 1. The fourth-order valence-electron chi connectivity index (χ4n) is 5.67. The Morgan fingerprint density at radius 2 is 1.05 bits per heavy atom. The average molecular weight is 558 g/mol. The minimum atomic E-state index is -0.0475. The zero-order valence-corrected chi connectivity index (χ0v) is 24.6. The molecule has 0 bridgehead atoms. The number of para-hydroxylation sites is 1. The predicted octanol–water partition coefficient (Wildman–Crippen LogP) is 11.3. The van der Waals surface area contributed by atoms with E-state index in [0.29, 0.717) is 0 Å². The lowest BCUT2D eigenvalue weighted by molar-refractivity contribution is 0.641. The van der Waals surface area contributed by atoms with Crippen molar-refractivity contribution in [1.82, 2.24) is 4.98 Å². The van der Waals surface area contributed by atoms with Crippen molar-refractivity contribution in [2.75, 3.05) is 0 Å². The molecule has 0 radical (unpaired) electrons. The summed E-state index contributed by atoms with van der Waals surface area (Å²) in [5.74, 6) is 0. The average Bonchev–Trinajstić information content (AvgIpc) is 3.56. The topological polar surface area (TPSA) is 12.9 Å². The summed E-state index contributed by atoms with van der Waals surface area (Å²) in [6.45, 7) is 4.58. The molecule has 0 amide bonds. The predicted molar refractivity (Wildman–Crippen MR) is 180 cm³/mol. The Kier molecular flexibility index (Phi) is 6.77. The maximum atomic E-state index is 4.90. The van der Waals surface area contributed by atoms with Gasteiger partial charge in [0, 0.05) is 15.7 Å². The van der Waals surface area contributed by atoms with Crippen molar-refractivity contribution >= 4 is 22.2 Å². The number of thiophene rings is 1. The molecule has 2 aromatic heterocycles. The Bertz CT molecular complexity index is 2000. The smallest absolute Gasteiger partial charge is 0.0809 e. The second-order valence-electron chi connectivity index (χ2n) is 11.3. The second-order valence-corrected chi connectivity index (χ2v) is 12.4. The molecule has 5 aromatic carbocycles. The van der Waals surface area contributed by atoms with Gasteiger partial charge in [-0.2, -0.15) is 0 Å². The third-order valence-electron chi connectivity index (χ3n) is 8.24. The van der Waals surface area contributed by atoms with Crippen molar-refractivity contribution in [3.63, 3.8) is 0 Å². The van der Waals surface area contributed by atoms with E-state index in [1.165, 1.54) is 54.1 Å². The van der Waals surface area contributed by atoms with Crippen molar-refractivity contribution in [2.45, 2.75) is 19.3 Å². The zero-order valence-electron chi connectivity index (χ0n) is 23.8. The van der Waals surface area contributed by atoms with Gasteiger partial charge in [-0.3, -0.25) is 0 Å². The summed E-state index contributed by atoms with van der Waals surface area (Å²) in [5.41, 5.74) is 10.8. The lowest BCUT2D eigenvalue weighted by Crippen LogP contribution is -2.18. The Labute approximate surface area is 251 Å². The highest BCUT2D eigenvalue weighted by atomic mass is 32.1. The molecule has 7 rings (SSSR count). The summed E-state index contributed by atoms with van der Waals surface area (Å²) in [6, 6.07) is 54.5. The van der Waals surface area contributed by atoms with E-state index >= 15 is 0 Å². The van der Waals surface area contributed by atoms with Gasteiger partial charge in [-0.25, -0.2) is 4.98 Å². The number of hydrogen-bond donors (Lipinski definition) is 0. The quantitative estimate of drug-likeness (QED) is 0.198. The number of fused-ring (bicyclic) bond motifs is 1. The fraction of sp³-hybridized carbons (Fsp3) is 0.0750. The normalized spacial score (nSPS) is 11.6. The van der Waals surface area contributed by atoms with E-state index in [9.17, 15) is 0 Å². The molecule has 0 saturated heterocycles. The Balaban J connectivity index is 1.15. The molecule has 0 spiro atoms. The fourth-order valence-corrected chi connectivity index (χ4v) is 6.64. The van der Waals surface area contributed by atoms with Crippen molar-refractivity contribution in [2.24, 2.45) is 0 Å². The molecule has 0 N–H and O–H groups in total. The molecular formula is C40H31NS. The molecule has 7 aromatic rings. The lowest BCUT2D eigenvalue weighted by Gasteiger charge is -2.26. The summed E-state index contributed by atoms with van der Waals surface area (Å²) < 4.78 is 0. The monoisotopic (exact) mass is 557 g/mol. The molecule has 0 aliphatic carbocycles. The first-order valence-electron chi connectivity index (χ1n) is 14.4. The minimum absolute atomic E-state index is 0.0475. The van der Waals surface area contributed by atoms with E-state index in [4.69, 9.17) is 4.98 Å². The third-order valence-corrected chi connectivity index (χ3v) is 9.39. The van der Waals surface area contributed by atoms with Crippen molar-refractivity contribution in [3.05, 3.63) is 163 Å². The maximum Gasteiger partial charge on any atom is 0.0809 e. The van der Waals surface area contributed by atoms with Crippen LogP contribution in [0.4, 0.5) is 0 Å². The summed E-state index contributed by atoms with van der Waals surface area (Å²) >= 11 is 1.79. The summed E-state index contributed by atoms with van der Waals surface area (Å²) in [4.78, 5) is 7.33. The van der Waals surface area contributed by atoms with Crippen LogP contribution in [0.3, 0.4) is 0 Å². The summed E-state index contributed by atoms with van der Waals surface area (Å²) in [7, 11) is 0. The summed E-state index contributed by atoms with van der Waals surface area (Å²) in [5, 5.41) is 1.17. The first-order valence-corrected chi connectivity index (χ1v) is 15.2. The largest absolute Gasteiger partial charge is 0.247 e. The summed E-state index contributed by atoms with van der Waals surface area (Å²) in [6.07, 6.45) is 0. The molecule has 0 saturated carbocycles. The molecule has 0 atom stereocenters. The molecule has 202 valence electrons. The van der Waals surface area contributed by atoms with Crippen LogP contribution in [-0.2, 0) is 5.41 Å². The number of benzene rings is 5. The maximum absolute atomic E-state index is 4.90. The molecule has 2 heterocycles. The van der Waals surface area contributed by atoms with E-state index in [1.807, 2.05) is 6.07 Å². The molecule has 2 heteroatoms. The van der Waals surface area contributed by atoms with Gasteiger partial charge in [0.05, 0.1) is 16.1 Å². The van der Waals surface area contributed by atoms with Crippen LogP contribution in [0.25, 0.3) is 54.2 Å². The molecule has 42 heavy (non-hydrogen) atoms. The van der Waals surface area contributed by atoms with Crippen LogP contribution in [0.2, 0.25) is 0 Å². The van der Waals surface area contributed by atoms with E-state index in [2.05, 4.69) is 159 Å². The molecule has 0 aliphatic heterocycles. The molecule has 0 fully saturated rings. The lowest BCUT2D eigenvalue weighted by atomic mass is 9.78. The molecule has 0 aliphatic rings. The first-order chi connectivity index (χ1) is 20.5. The third kappa shape index (κ3) is 5.06. The van der Waals surface area contributed by atoms with Crippen molar-refractivity contribution in [1.29, 1.82) is 0 Å². The van der Waals surface area contributed by atoms with Crippen LogP contribution < -0.4 is 0 Å². The van der Waals surface area contributed by atoms with Gasteiger partial charge in [0.2, 0.25) is 0 Å². The first kappa shape index (κ1) is 26.1. The van der Waals surface area contributed by atoms with Gasteiger partial charge < -0.3 is 0 Å². The highest BCUT2D eigenvalue weighted by molar-refractivity contribution is 7.18. The molecule has 1 nitrogen and oxygen atoms in total. The van der Waals surface area contributed by atoms with Gasteiger partial charge in [0.1, 0.15) is 0 Å². The number of hydrogen-bond acceptors (Lipinski definition) is 2. The van der Waals surface area contributed by atoms with Crippen LogP contribution in [0.1, 0.15) is 25.0 Å². The van der Waals surface area contributed by atoms with Crippen molar-refractivity contribution in [3.8, 4) is 43.3 Å². The van der Waals surface area contributed by atoms with Gasteiger partial charge in [0.15, 0.2) is 0 Å². The Morgan fingerprint density at radius 1 is 0.452 bits per heavy atom. The minimum Gasteiger partial charge on any atom is -0.247 e. The van der Waals surface area contributed by atoms with Crippen LogP contribution in [-0.4, -0.2) is 4.98 Å². The molecular weight excluding hydrogens is 527 g/mol. The highest BCUT2D eigenvalue weighted by Gasteiger charge is 2.22. The Hall–Kier alpha value is -4.79. The highest BCUT2D eigenvalue weighted by Crippen LogP contribution is 2.37. The Morgan fingerprint density at radius 3 is 1.81 bits per heavy atom. The standard InChI is InChI=1S/C40H31NS/c1-40(2,34-15-4-3-5-16-34)35-21-18-28(19-22-35)30-11-8-12-31(26-30)32-13-9-14-33(27-32)38-24-25-39(42-38)37-23-20-29-10-6-7-17-36(29)41-37/h3-27H,1-2H3. The van der Waals surface area contributed by atoms with Gasteiger partial charge in [-0.1, -0.05) is 129 Å². The SMILES string of the molecule is CC(C)(c1ccccc1)c1ccc(-c2cccc(-c3cccc(-c4ccc(-c5ccc6ccccc6n5)s4)c3)c2)cc1. The number of rotatable bonds is 6. The van der Waals surface area contributed by atoms with E-state index in [-0.39, 0.29) is 5.41 Å². The van der Waals surface area contributed by atoms with Gasteiger partial charge in [-0.15, -0.1) is 11.3 Å². The van der Waals surface area contributed by atoms with Crippen molar-refractivity contribution < 1.29 is 0 Å². The number of aromatic nitrogens is 1. The van der Waals surface area contributed by atoms with Crippen LogP contribution in [0, 0.1) is 0 Å². The van der Waals surface area contributed by atoms with Gasteiger partial charge in [0.25, 0.3) is 0 Å².